The molecule has 0 atom stereocenters. The quantitative estimate of drug-likeness (QED) is 0.557. The zero-order valence-corrected chi connectivity index (χ0v) is 18.0. The number of halogens is 1. The van der Waals surface area contributed by atoms with E-state index in [9.17, 15) is 18.0 Å². The third kappa shape index (κ3) is 6.07. The van der Waals surface area contributed by atoms with Crippen molar-refractivity contribution in [1.29, 1.82) is 0 Å². The van der Waals surface area contributed by atoms with E-state index < -0.39 is 21.8 Å². The number of hydrogen-bond acceptors (Lipinski definition) is 5. The van der Waals surface area contributed by atoms with Crippen molar-refractivity contribution in [2.75, 3.05) is 5.32 Å². The molecule has 9 heteroatoms. The molecule has 0 saturated carbocycles. The van der Waals surface area contributed by atoms with Crippen molar-refractivity contribution in [3.8, 4) is 5.75 Å². The maximum absolute atomic E-state index is 12.7. The summed E-state index contributed by atoms with van der Waals surface area (Å²) in [5.41, 5.74) is 1.24. The van der Waals surface area contributed by atoms with Crippen LogP contribution < -0.4 is 14.8 Å². The molecule has 0 aliphatic heterocycles. The van der Waals surface area contributed by atoms with Gasteiger partial charge in [-0.25, -0.2) is 13.1 Å². The van der Waals surface area contributed by atoms with Crippen LogP contribution >= 0.6 is 11.6 Å². The van der Waals surface area contributed by atoms with Crippen molar-refractivity contribution >= 4 is 39.1 Å². The summed E-state index contributed by atoms with van der Waals surface area (Å²) in [6, 6.07) is 19.5. The number of rotatable bonds is 7. The van der Waals surface area contributed by atoms with E-state index in [4.69, 9.17) is 16.3 Å². The van der Waals surface area contributed by atoms with Crippen LogP contribution in [-0.4, -0.2) is 20.2 Å². The van der Waals surface area contributed by atoms with Crippen LogP contribution in [0.2, 0.25) is 5.02 Å². The van der Waals surface area contributed by atoms with Gasteiger partial charge >= 0.3 is 0 Å². The first-order chi connectivity index (χ1) is 14.7. The lowest BCUT2D eigenvalue weighted by atomic mass is 10.2. The first-order valence-electron chi connectivity index (χ1n) is 9.16. The lowest BCUT2D eigenvalue weighted by molar-refractivity contribution is -0.117. The van der Waals surface area contributed by atoms with Gasteiger partial charge in [-0.3, -0.25) is 9.59 Å². The molecule has 0 aromatic heterocycles. The molecule has 0 heterocycles. The minimum absolute atomic E-state index is 0.0498. The van der Waals surface area contributed by atoms with E-state index in [-0.39, 0.29) is 16.1 Å². The fraction of sp³-hybridized carbons (Fsp3) is 0.0909. The van der Waals surface area contributed by atoms with Crippen molar-refractivity contribution in [3.05, 3.63) is 88.9 Å². The molecular weight excluding hydrogens is 440 g/mol. The van der Waals surface area contributed by atoms with Gasteiger partial charge in [-0.05, 0) is 48.0 Å². The Bertz CT molecular complexity index is 1210. The molecule has 0 unspecified atom stereocenters. The number of para-hydroxylation sites is 1. The highest BCUT2D eigenvalue weighted by molar-refractivity contribution is 7.90. The number of ether oxygens (including phenoxy) is 1. The summed E-state index contributed by atoms with van der Waals surface area (Å²) in [4.78, 5) is 23.7. The largest absolute Gasteiger partial charge is 0.489 e. The molecule has 0 radical (unpaired) electrons. The van der Waals surface area contributed by atoms with E-state index in [1.165, 1.54) is 18.2 Å². The van der Waals surface area contributed by atoms with Gasteiger partial charge in [0.15, 0.2) is 0 Å². The third-order valence-corrected chi connectivity index (χ3v) is 5.86. The van der Waals surface area contributed by atoms with Gasteiger partial charge in [0.25, 0.3) is 15.9 Å². The van der Waals surface area contributed by atoms with Crippen LogP contribution in [0.5, 0.6) is 5.75 Å². The van der Waals surface area contributed by atoms with E-state index in [1.807, 2.05) is 16.9 Å². The van der Waals surface area contributed by atoms with Crippen molar-refractivity contribution in [2.45, 2.75) is 18.4 Å². The SMILES string of the molecule is CC(=O)NS(=O)(=O)c1ccccc1NC(=O)c1cccc(OCc2ccc(Cl)cc2)c1. The van der Waals surface area contributed by atoms with E-state index in [0.717, 1.165) is 12.5 Å². The molecule has 3 aromatic rings. The molecule has 0 bridgehead atoms. The Labute approximate surface area is 185 Å². The highest BCUT2D eigenvalue weighted by Crippen LogP contribution is 2.22. The Morgan fingerprint density at radius 1 is 0.968 bits per heavy atom. The van der Waals surface area contributed by atoms with E-state index in [0.29, 0.717) is 17.4 Å². The summed E-state index contributed by atoms with van der Waals surface area (Å²) in [6.45, 7) is 1.38. The van der Waals surface area contributed by atoms with Gasteiger partial charge in [0.05, 0.1) is 5.69 Å². The summed E-state index contributed by atoms with van der Waals surface area (Å²) in [6.07, 6.45) is 0. The molecule has 0 saturated heterocycles. The van der Waals surface area contributed by atoms with E-state index >= 15 is 0 Å². The maximum atomic E-state index is 12.7. The zero-order chi connectivity index (χ0) is 22.4. The molecule has 2 N–H and O–H groups in total. The van der Waals surface area contributed by atoms with Gasteiger partial charge in [0.1, 0.15) is 17.3 Å². The van der Waals surface area contributed by atoms with Crippen LogP contribution in [-0.2, 0) is 21.4 Å². The van der Waals surface area contributed by atoms with Gasteiger partial charge in [-0.2, -0.15) is 0 Å². The van der Waals surface area contributed by atoms with Gasteiger partial charge in [0, 0.05) is 17.5 Å². The summed E-state index contributed by atoms with van der Waals surface area (Å²) >= 11 is 5.87. The Kier molecular flexibility index (Phi) is 6.94. The van der Waals surface area contributed by atoms with Crippen molar-refractivity contribution in [3.63, 3.8) is 0 Å². The fourth-order valence-electron chi connectivity index (χ4n) is 2.72. The maximum Gasteiger partial charge on any atom is 0.266 e. The standard InChI is InChI=1S/C22H19ClN2O5S/c1-15(26)25-31(28,29)21-8-3-2-7-20(21)24-22(27)17-5-4-6-19(13-17)30-14-16-9-11-18(23)12-10-16/h2-13H,14H2,1H3,(H,24,27)(H,25,26). The molecule has 3 rings (SSSR count). The number of carbonyl (C=O) groups excluding carboxylic acids is 2. The molecule has 0 aliphatic carbocycles. The number of hydrogen-bond donors (Lipinski definition) is 2. The summed E-state index contributed by atoms with van der Waals surface area (Å²) < 4.78 is 32.3. The average Bonchev–Trinajstić information content (AvgIpc) is 2.73. The topological polar surface area (TPSA) is 102 Å². The van der Waals surface area contributed by atoms with Crippen LogP contribution in [0.3, 0.4) is 0 Å². The number of nitrogens with one attached hydrogen (secondary N) is 2. The van der Waals surface area contributed by atoms with E-state index in [2.05, 4.69) is 5.32 Å². The minimum Gasteiger partial charge on any atom is -0.489 e. The minimum atomic E-state index is -4.12. The second-order valence-corrected chi connectivity index (χ2v) is 8.64. The fourth-order valence-corrected chi connectivity index (χ4v) is 4.00. The van der Waals surface area contributed by atoms with Crippen LogP contribution in [0.15, 0.2) is 77.7 Å². The third-order valence-electron chi connectivity index (χ3n) is 4.12. The monoisotopic (exact) mass is 458 g/mol. The van der Waals surface area contributed by atoms with Gasteiger partial charge < -0.3 is 10.1 Å². The Hall–Kier alpha value is -3.36. The first kappa shape index (κ1) is 22.3. The second kappa shape index (κ2) is 9.63. The van der Waals surface area contributed by atoms with Crippen molar-refractivity contribution < 1.29 is 22.7 Å². The first-order valence-corrected chi connectivity index (χ1v) is 11.0. The van der Waals surface area contributed by atoms with Crippen LogP contribution in [0.1, 0.15) is 22.8 Å². The van der Waals surface area contributed by atoms with Crippen molar-refractivity contribution in [2.24, 2.45) is 0 Å². The number of amides is 2. The zero-order valence-electron chi connectivity index (χ0n) is 16.5. The molecule has 0 aliphatic rings. The highest BCUT2D eigenvalue weighted by atomic mass is 35.5. The Morgan fingerprint density at radius 3 is 2.39 bits per heavy atom. The number of anilines is 1. The molecule has 7 nitrogen and oxygen atoms in total. The van der Waals surface area contributed by atoms with Gasteiger partial charge in [-0.15, -0.1) is 0 Å². The van der Waals surface area contributed by atoms with Crippen LogP contribution in [0, 0.1) is 0 Å². The molecule has 0 spiro atoms. The predicted octanol–water partition coefficient (Wildman–Crippen LogP) is 4.00. The number of benzene rings is 3. The predicted molar refractivity (Wildman–Crippen MR) is 118 cm³/mol. The summed E-state index contributed by atoms with van der Waals surface area (Å²) in [5, 5.41) is 3.20. The molecule has 2 amide bonds. The number of sulfonamides is 1. The summed E-state index contributed by atoms with van der Waals surface area (Å²) in [7, 11) is -4.12. The lowest BCUT2D eigenvalue weighted by Crippen LogP contribution is -2.29. The summed E-state index contributed by atoms with van der Waals surface area (Å²) in [5.74, 6) is -0.782. The molecule has 0 fully saturated rings. The average molecular weight is 459 g/mol. The smallest absolute Gasteiger partial charge is 0.266 e. The van der Waals surface area contributed by atoms with E-state index in [1.54, 1.807) is 42.5 Å². The normalized spacial score (nSPS) is 10.9. The highest BCUT2D eigenvalue weighted by Gasteiger charge is 2.21. The second-order valence-electron chi connectivity index (χ2n) is 6.55. The Balaban J connectivity index is 1.75. The van der Waals surface area contributed by atoms with Gasteiger partial charge in [0.2, 0.25) is 5.91 Å². The molecule has 3 aromatic carbocycles. The molecule has 31 heavy (non-hydrogen) atoms. The van der Waals surface area contributed by atoms with Gasteiger partial charge in [-0.1, -0.05) is 41.9 Å². The lowest BCUT2D eigenvalue weighted by Gasteiger charge is -2.12. The molecular formula is C22H19ClN2O5S. The van der Waals surface area contributed by atoms with Crippen LogP contribution in [0.25, 0.3) is 0 Å². The Morgan fingerprint density at radius 2 is 1.68 bits per heavy atom. The molecule has 160 valence electrons. The van der Waals surface area contributed by atoms with Crippen molar-refractivity contribution in [1.82, 2.24) is 4.72 Å². The number of carbonyl (C=O) groups is 2. The van der Waals surface area contributed by atoms with Crippen LogP contribution in [0.4, 0.5) is 5.69 Å².